The zero-order valence-electron chi connectivity index (χ0n) is 10.4. The average Bonchev–Trinajstić information content (AvgIpc) is 2.36. The number of sulfone groups is 1. The van der Waals surface area contributed by atoms with Crippen LogP contribution in [0, 0.1) is 0 Å². The lowest BCUT2D eigenvalue weighted by atomic mass is 10.3. The highest BCUT2D eigenvalue weighted by Gasteiger charge is 2.46. The molecule has 0 N–H and O–H groups in total. The first kappa shape index (κ1) is 18.0. The second-order valence-corrected chi connectivity index (χ2v) is 6.29. The Labute approximate surface area is 123 Å². The molecule has 0 aliphatic rings. The summed E-state index contributed by atoms with van der Waals surface area (Å²) in [6, 6.07) is 3.52. The molecular weight excluding hydrogens is 341 g/mol. The first-order chi connectivity index (χ1) is 9.59. The Hall–Kier alpha value is -1.09. The lowest BCUT2D eigenvalue weighted by Crippen LogP contribution is -2.30. The van der Waals surface area contributed by atoms with Crippen molar-refractivity contribution in [3.8, 4) is 0 Å². The zero-order chi connectivity index (χ0) is 16.3. The van der Waals surface area contributed by atoms with Crippen molar-refractivity contribution in [3.63, 3.8) is 0 Å². The third-order valence-corrected chi connectivity index (χ3v) is 4.20. The van der Waals surface area contributed by atoms with Gasteiger partial charge < -0.3 is 4.90 Å². The van der Waals surface area contributed by atoms with E-state index in [0.717, 1.165) is 29.2 Å². The standard InChI is InChI=1S/C11H11ClF5NO2S/c12-5-6-18(7-10(13)14)8-1-3-9(4-2-8)21(19,20)11(15,16)17/h1-4,10H,5-7H2. The molecule has 120 valence electrons. The molecule has 0 aromatic heterocycles. The van der Waals surface area contributed by atoms with Crippen LogP contribution < -0.4 is 4.90 Å². The van der Waals surface area contributed by atoms with Gasteiger partial charge in [-0.2, -0.15) is 13.2 Å². The predicted octanol–water partition coefficient (Wildman–Crippen LogP) is 3.29. The molecule has 1 rings (SSSR count). The minimum atomic E-state index is -5.45. The molecule has 0 saturated carbocycles. The van der Waals surface area contributed by atoms with E-state index in [4.69, 9.17) is 11.6 Å². The second-order valence-electron chi connectivity index (χ2n) is 3.97. The van der Waals surface area contributed by atoms with Gasteiger partial charge in [-0.3, -0.25) is 0 Å². The molecule has 0 spiro atoms. The molecule has 1 aromatic rings. The van der Waals surface area contributed by atoms with E-state index in [1.807, 2.05) is 0 Å². The number of benzene rings is 1. The first-order valence-corrected chi connectivity index (χ1v) is 7.62. The topological polar surface area (TPSA) is 37.4 Å². The van der Waals surface area contributed by atoms with Crippen LogP contribution in [-0.2, 0) is 9.84 Å². The Bertz CT molecular complexity index is 559. The lowest BCUT2D eigenvalue weighted by molar-refractivity contribution is -0.0436. The van der Waals surface area contributed by atoms with Crippen molar-refractivity contribution in [1.82, 2.24) is 0 Å². The number of anilines is 1. The molecule has 0 aliphatic heterocycles. The molecule has 0 aliphatic carbocycles. The number of hydrogen-bond donors (Lipinski definition) is 0. The quantitative estimate of drug-likeness (QED) is 0.583. The third-order valence-electron chi connectivity index (χ3n) is 2.53. The maximum Gasteiger partial charge on any atom is 0.501 e. The van der Waals surface area contributed by atoms with Crippen molar-refractivity contribution in [2.45, 2.75) is 16.8 Å². The molecule has 1 aromatic carbocycles. The fourth-order valence-corrected chi connectivity index (χ4v) is 2.53. The van der Waals surface area contributed by atoms with E-state index in [0.29, 0.717) is 0 Å². The van der Waals surface area contributed by atoms with Gasteiger partial charge in [0.15, 0.2) is 0 Å². The number of hydrogen-bond acceptors (Lipinski definition) is 3. The number of rotatable bonds is 6. The Morgan fingerprint density at radius 2 is 1.67 bits per heavy atom. The molecule has 0 bridgehead atoms. The minimum absolute atomic E-state index is 0.0370. The summed E-state index contributed by atoms with van der Waals surface area (Å²) in [6.07, 6.45) is -2.66. The monoisotopic (exact) mass is 351 g/mol. The predicted molar refractivity (Wildman–Crippen MR) is 68.6 cm³/mol. The highest BCUT2D eigenvalue weighted by atomic mass is 35.5. The summed E-state index contributed by atoms with van der Waals surface area (Å²) in [7, 11) is -5.45. The Kier molecular flexibility index (Phi) is 5.80. The molecular formula is C11H11ClF5NO2S. The zero-order valence-corrected chi connectivity index (χ0v) is 12.0. The van der Waals surface area contributed by atoms with Gasteiger partial charge in [-0.05, 0) is 24.3 Å². The average molecular weight is 352 g/mol. The minimum Gasteiger partial charge on any atom is -0.365 e. The molecule has 10 heteroatoms. The van der Waals surface area contributed by atoms with E-state index in [1.165, 1.54) is 0 Å². The van der Waals surface area contributed by atoms with Crippen LogP contribution in [0.3, 0.4) is 0 Å². The number of alkyl halides is 6. The van der Waals surface area contributed by atoms with Crippen LogP contribution in [0.4, 0.5) is 27.6 Å². The number of halogens is 6. The lowest BCUT2D eigenvalue weighted by Gasteiger charge is -2.23. The summed E-state index contributed by atoms with van der Waals surface area (Å²) in [5.41, 5.74) is -5.25. The molecule has 0 radical (unpaired) electrons. The van der Waals surface area contributed by atoms with Gasteiger partial charge in [0.1, 0.15) is 0 Å². The van der Waals surface area contributed by atoms with E-state index in [2.05, 4.69) is 0 Å². The molecule has 0 fully saturated rings. The Morgan fingerprint density at radius 1 is 1.14 bits per heavy atom. The maximum atomic E-state index is 12.4. The summed E-state index contributed by atoms with van der Waals surface area (Å²) in [4.78, 5) is 0.211. The SMILES string of the molecule is O=S(=O)(c1ccc(N(CCCl)CC(F)F)cc1)C(F)(F)F. The van der Waals surface area contributed by atoms with Crippen molar-refractivity contribution in [3.05, 3.63) is 24.3 Å². The fraction of sp³-hybridized carbons (Fsp3) is 0.455. The van der Waals surface area contributed by atoms with E-state index < -0.39 is 33.2 Å². The van der Waals surface area contributed by atoms with Gasteiger partial charge in [0, 0.05) is 18.1 Å². The maximum absolute atomic E-state index is 12.4. The van der Waals surface area contributed by atoms with Gasteiger partial charge in [0.2, 0.25) is 0 Å². The van der Waals surface area contributed by atoms with Crippen molar-refractivity contribution in [2.75, 3.05) is 23.9 Å². The molecule has 0 saturated heterocycles. The van der Waals surface area contributed by atoms with Gasteiger partial charge in [-0.15, -0.1) is 11.6 Å². The van der Waals surface area contributed by atoms with Crippen LogP contribution in [0.2, 0.25) is 0 Å². The molecule has 0 amide bonds. The van der Waals surface area contributed by atoms with E-state index in [-0.39, 0.29) is 18.1 Å². The van der Waals surface area contributed by atoms with Crippen LogP contribution in [0.25, 0.3) is 0 Å². The van der Waals surface area contributed by atoms with Crippen LogP contribution in [0.15, 0.2) is 29.2 Å². The van der Waals surface area contributed by atoms with E-state index in [9.17, 15) is 30.4 Å². The molecule has 0 heterocycles. The van der Waals surface area contributed by atoms with Crippen LogP contribution in [-0.4, -0.2) is 39.3 Å². The van der Waals surface area contributed by atoms with Gasteiger partial charge in [-0.1, -0.05) is 0 Å². The van der Waals surface area contributed by atoms with Crippen molar-refractivity contribution in [2.24, 2.45) is 0 Å². The summed E-state index contributed by atoms with van der Waals surface area (Å²) in [5, 5.41) is 0. The normalized spacial score (nSPS) is 12.7. The van der Waals surface area contributed by atoms with E-state index >= 15 is 0 Å². The van der Waals surface area contributed by atoms with Gasteiger partial charge in [-0.25, -0.2) is 17.2 Å². The van der Waals surface area contributed by atoms with Crippen LogP contribution in [0.1, 0.15) is 0 Å². The van der Waals surface area contributed by atoms with Crippen molar-refractivity contribution < 1.29 is 30.4 Å². The van der Waals surface area contributed by atoms with Crippen LogP contribution >= 0.6 is 11.6 Å². The first-order valence-electron chi connectivity index (χ1n) is 5.60. The smallest absolute Gasteiger partial charge is 0.365 e. The molecule has 0 unspecified atom stereocenters. The van der Waals surface area contributed by atoms with Gasteiger partial charge in [0.05, 0.1) is 11.4 Å². The summed E-state index contributed by atoms with van der Waals surface area (Å²) in [5.74, 6) is 0.0370. The van der Waals surface area contributed by atoms with E-state index in [1.54, 1.807) is 0 Å². The highest BCUT2D eigenvalue weighted by molar-refractivity contribution is 7.92. The molecule has 3 nitrogen and oxygen atoms in total. The van der Waals surface area contributed by atoms with Gasteiger partial charge in [0.25, 0.3) is 16.3 Å². The molecule has 0 atom stereocenters. The largest absolute Gasteiger partial charge is 0.501 e. The number of nitrogens with zero attached hydrogens (tertiary/aromatic N) is 1. The Morgan fingerprint density at radius 3 is 2.05 bits per heavy atom. The highest BCUT2D eigenvalue weighted by Crippen LogP contribution is 2.31. The second kappa shape index (κ2) is 6.78. The van der Waals surface area contributed by atoms with Crippen molar-refractivity contribution >= 4 is 27.1 Å². The summed E-state index contributed by atoms with van der Waals surface area (Å²) < 4.78 is 84.2. The third kappa shape index (κ3) is 4.44. The van der Waals surface area contributed by atoms with Crippen LogP contribution in [0.5, 0.6) is 0 Å². The molecule has 21 heavy (non-hydrogen) atoms. The fourth-order valence-electron chi connectivity index (χ4n) is 1.56. The summed E-state index contributed by atoms with van der Waals surface area (Å²) in [6.45, 7) is -0.602. The van der Waals surface area contributed by atoms with Gasteiger partial charge >= 0.3 is 5.51 Å². The summed E-state index contributed by atoms with van der Waals surface area (Å²) >= 11 is 5.46. The van der Waals surface area contributed by atoms with Crippen molar-refractivity contribution in [1.29, 1.82) is 0 Å². The Balaban J connectivity index is 3.06.